The third-order valence-corrected chi connectivity index (χ3v) is 6.54. The van der Waals surface area contributed by atoms with Gasteiger partial charge in [0.15, 0.2) is 11.5 Å². The fourth-order valence-corrected chi connectivity index (χ4v) is 4.79. The number of benzene rings is 1. The van der Waals surface area contributed by atoms with Crippen LogP contribution in [0.15, 0.2) is 36.5 Å². The highest BCUT2D eigenvalue weighted by molar-refractivity contribution is 6.03. The smallest absolute Gasteiger partial charge is 0.410 e. The standard InChI is InChI=1S/C27H37N3O5/c1-27(2,3)35-26(32)29-16-13-20(14-17-29)30-15-7-10-22(30)25(31)28-19-11-12-23(33-4)24(18-19)34-21-8-5-6-9-21/h7,10-12,15,18,20-21H,5-6,8-9,13-14,16-17H2,1-4H3,(H,28,31). The maximum atomic E-state index is 13.2. The predicted molar refractivity (Wildman–Crippen MR) is 134 cm³/mol. The lowest BCUT2D eigenvalue weighted by molar-refractivity contribution is 0.0187. The number of nitrogens with zero attached hydrogens (tertiary/aromatic N) is 2. The molecule has 1 saturated carbocycles. The molecule has 1 saturated heterocycles. The summed E-state index contributed by atoms with van der Waals surface area (Å²) in [5, 5.41) is 3.01. The van der Waals surface area contributed by atoms with E-state index in [1.165, 1.54) is 12.8 Å². The van der Waals surface area contributed by atoms with Gasteiger partial charge < -0.3 is 29.0 Å². The van der Waals surface area contributed by atoms with Gasteiger partial charge in [0.05, 0.1) is 13.2 Å². The maximum Gasteiger partial charge on any atom is 0.410 e. The minimum Gasteiger partial charge on any atom is -0.493 e. The van der Waals surface area contributed by atoms with Crippen molar-refractivity contribution in [2.75, 3.05) is 25.5 Å². The van der Waals surface area contributed by atoms with Crippen molar-refractivity contribution in [2.45, 2.75) is 77.0 Å². The highest BCUT2D eigenvalue weighted by Crippen LogP contribution is 2.34. The van der Waals surface area contributed by atoms with Crippen LogP contribution in [0.4, 0.5) is 10.5 Å². The number of anilines is 1. The van der Waals surface area contributed by atoms with Crippen LogP contribution >= 0.6 is 0 Å². The summed E-state index contributed by atoms with van der Waals surface area (Å²) in [6.45, 7) is 6.80. The zero-order chi connectivity index (χ0) is 25.0. The van der Waals surface area contributed by atoms with Gasteiger partial charge in [0.2, 0.25) is 0 Å². The first-order chi connectivity index (χ1) is 16.7. The van der Waals surface area contributed by atoms with Crippen molar-refractivity contribution in [2.24, 2.45) is 0 Å². The van der Waals surface area contributed by atoms with Crippen molar-refractivity contribution in [3.63, 3.8) is 0 Å². The Kier molecular flexibility index (Phi) is 7.57. The third-order valence-electron chi connectivity index (χ3n) is 6.54. The molecule has 1 aromatic carbocycles. The third kappa shape index (κ3) is 6.29. The summed E-state index contributed by atoms with van der Waals surface area (Å²) in [6.07, 6.45) is 7.81. The van der Waals surface area contributed by atoms with Crippen LogP contribution in [0.2, 0.25) is 0 Å². The summed E-state index contributed by atoms with van der Waals surface area (Å²) in [4.78, 5) is 27.3. The van der Waals surface area contributed by atoms with Gasteiger partial charge in [-0.3, -0.25) is 4.79 Å². The van der Waals surface area contributed by atoms with Gasteiger partial charge in [0.25, 0.3) is 5.91 Å². The number of ether oxygens (including phenoxy) is 3. The number of carbonyl (C=O) groups excluding carboxylic acids is 2. The summed E-state index contributed by atoms with van der Waals surface area (Å²) in [5.74, 6) is 1.14. The molecule has 35 heavy (non-hydrogen) atoms. The second-order valence-corrected chi connectivity index (χ2v) is 10.3. The molecule has 0 bridgehead atoms. The Balaban J connectivity index is 1.40. The van der Waals surface area contributed by atoms with Gasteiger partial charge >= 0.3 is 6.09 Å². The molecule has 8 nitrogen and oxygen atoms in total. The number of aromatic nitrogens is 1. The van der Waals surface area contributed by atoms with Gasteiger partial charge in [0, 0.05) is 37.1 Å². The van der Waals surface area contributed by atoms with E-state index in [9.17, 15) is 9.59 Å². The van der Waals surface area contributed by atoms with Gasteiger partial charge in [-0.1, -0.05) is 0 Å². The van der Waals surface area contributed by atoms with Crippen LogP contribution in [0.5, 0.6) is 11.5 Å². The summed E-state index contributed by atoms with van der Waals surface area (Å²) in [5.41, 5.74) is 0.745. The molecule has 190 valence electrons. The van der Waals surface area contributed by atoms with Crippen LogP contribution in [0, 0.1) is 0 Å². The minimum absolute atomic E-state index is 0.140. The average Bonchev–Trinajstić information content (AvgIpc) is 3.51. The second kappa shape index (κ2) is 10.6. The van der Waals surface area contributed by atoms with E-state index in [0.29, 0.717) is 36.0 Å². The van der Waals surface area contributed by atoms with Crippen molar-refractivity contribution in [1.29, 1.82) is 0 Å². The van der Waals surface area contributed by atoms with E-state index in [4.69, 9.17) is 14.2 Å². The van der Waals surface area contributed by atoms with Crippen molar-refractivity contribution in [3.8, 4) is 11.5 Å². The highest BCUT2D eigenvalue weighted by Gasteiger charge is 2.29. The molecular weight excluding hydrogens is 446 g/mol. The summed E-state index contributed by atoms with van der Waals surface area (Å²) in [6, 6.07) is 9.34. The molecule has 2 heterocycles. The van der Waals surface area contributed by atoms with Gasteiger partial charge in [-0.2, -0.15) is 0 Å². The molecule has 1 aromatic heterocycles. The monoisotopic (exact) mass is 483 g/mol. The van der Waals surface area contributed by atoms with Gasteiger partial charge in [-0.05, 0) is 83.6 Å². The molecule has 1 N–H and O–H groups in total. The number of carbonyl (C=O) groups is 2. The van der Waals surface area contributed by atoms with Gasteiger partial charge in [0.1, 0.15) is 11.3 Å². The lowest BCUT2D eigenvalue weighted by Gasteiger charge is -2.34. The number of methoxy groups -OCH3 is 1. The number of amides is 2. The SMILES string of the molecule is COc1ccc(NC(=O)c2cccn2C2CCN(C(=O)OC(C)(C)C)CC2)cc1OC1CCCC1. The highest BCUT2D eigenvalue weighted by atomic mass is 16.6. The number of likely N-dealkylation sites (tertiary alicyclic amines) is 1. The molecule has 0 unspecified atom stereocenters. The molecule has 2 aromatic rings. The first-order valence-corrected chi connectivity index (χ1v) is 12.5. The quantitative estimate of drug-likeness (QED) is 0.575. The fourth-order valence-electron chi connectivity index (χ4n) is 4.79. The van der Waals surface area contributed by atoms with Gasteiger partial charge in [-0.15, -0.1) is 0 Å². The Bertz CT molecular complexity index is 1030. The predicted octanol–water partition coefficient (Wildman–Crippen LogP) is 5.64. The zero-order valence-corrected chi connectivity index (χ0v) is 21.2. The molecule has 2 aliphatic rings. The van der Waals surface area contributed by atoms with E-state index in [1.54, 1.807) is 12.0 Å². The second-order valence-electron chi connectivity index (χ2n) is 10.3. The molecule has 0 spiro atoms. The van der Waals surface area contributed by atoms with Crippen LogP contribution in [-0.2, 0) is 4.74 Å². The summed E-state index contributed by atoms with van der Waals surface area (Å²) >= 11 is 0. The maximum absolute atomic E-state index is 13.2. The molecule has 8 heteroatoms. The normalized spacial score (nSPS) is 17.3. The number of piperidine rings is 1. The zero-order valence-electron chi connectivity index (χ0n) is 21.2. The van der Waals surface area contributed by atoms with E-state index in [2.05, 4.69) is 5.32 Å². The Morgan fingerprint density at radius 2 is 1.71 bits per heavy atom. The molecule has 1 aliphatic carbocycles. The molecule has 2 amide bonds. The molecule has 2 fully saturated rings. The average molecular weight is 484 g/mol. The van der Waals surface area contributed by atoms with Crippen LogP contribution in [-0.4, -0.2) is 53.4 Å². The van der Waals surface area contributed by atoms with E-state index in [0.717, 1.165) is 25.7 Å². The summed E-state index contributed by atoms with van der Waals surface area (Å²) in [7, 11) is 1.62. The number of hydrogen-bond donors (Lipinski definition) is 1. The lowest BCUT2D eigenvalue weighted by atomic mass is 10.0. The molecular formula is C27H37N3O5. The molecule has 0 atom stereocenters. The summed E-state index contributed by atoms with van der Waals surface area (Å²) < 4.78 is 19.1. The number of hydrogen-bond acceptors (Lipinski definition) is 5. The Morgan fingerprint density at radius 1 is 1.00 bits per heavy atom. The molecule has 1 aliphatic heterocycles. The van der Waals surface area contributed by atoms with E-state index in [1.807, 2.05) is 61.9 Å². The molecule has 4 rings (SSSR count). The van der Waals surface area contributed by atoms with Crippen molar-refractivity contribution in [3.05, 3.63) is 42.2 Å². The van der Waals surface area contributed by atoms with Crippen LogP contribution in [0.1, 0.15) is 75.8 Å². The molecule has 0 radical (unpaired) electrons. The number of rotatable bonds is 6. The van der Waals surface area contributed by atoms with E-state index in [-0.39, 0.29) is 24.1 Å². The van der Waals surface area contributed by atoms with Crippen LogP contribution < -0.4 is 14.8 Å². The van der Waals surface area contributed by atoms with Crippen molar-refractivity contribution >= 4 is 17.7 Å². The Labute approximate surface area is 207 Å². The van der Waals surface area contributed by atoms with E-state index < -0.39 is 5.60 Å². The minimum atomic E-state index is -0.511. The van der Waals surface area contributed by atoms with E-state index >= 15 is 0 Å². The first-order valence-electron chi connectivity index (χ1n) is 12.5. The van der Waals surface area contributed by atoms with Crippen LogP contribution in [0.3, 0.4) is 0 Å². The van der Waals surface area contributed by atoms with Crippen molar-refractivity contribution < 1.29 is 23.8 Å². The first kappa shape index (κ1) is 24.9. The topological polar surface area (TPSA) is 82.0 Å². The Morgan fingerprint density at radius 3 is 2.37 bits per heavy atom. The van der Waals surface area contributed by atoms with Crippen LogP contribution in [0.25, 0.3) is 0 Å². The largest absolute Gasteiger partial charge is 0.493 e. The lowest BCUT2D eigenvalue weighted by Crippen LogP contribution is -2.42. The van der Waals surface area contributed by atoms with Gasteiger partial charge in [-0.25, -0.2) is 4.79 Å². The fraction of sp³-hybridized carbons (Fsp3) is 0.556. The number of nitrogens with one attached hydrogen (secondary N) is 1. The Hall–Kier alpha value is -3.16. The van der Waals surface area contributed by atoms with Crippen molar-refractivity contribution in [1.82, 2.24) is 9.47 Å².